The molecule has 1 N–H and O–H groups in total. The summed E-state index contributed by atoms with van der Waals surface area (Å²) in [5.41, 5.74) is 1.84. The summed E-state index contributed by atoms with van der Waals surface area (Å²) in [6.45, 7) is 3.38. The number of nitrogens with zero attached hydrogens (tertiary/aromatic N) is 3. The van der Waals surface area contributed by atoms with Gasteiger partial charge in [0.1, 0.15) is 10.7 Å². The van der Waals surface area contributed by atoms with Crippen LogP contribution in [0, 0.1) is 18.7 Å². The number of nitrogens with one attached hydrogen (secondary N) is 1. The monoisotopic (exact) mass is 544 g/mol. The Bertz CT molecular complexity index is 1690. The molecule has 0 bridgehead atoms. The molecular weight excluding hydrogens is 523 g/mol. The molecule has 1 atom stereocenters. The summed E-state index contributed by atoms with van der Waals surface area (Å²) >= 11 is 5.95. The zero-order valence-electron chi connectivity index (χ0n) is 20.0. The number of halogens is 2. The first kappa shape index (κ1) is 26.2. The molecule has 0 unspecified atom stereocenters. The molecule has 2 aromatic carbocycles. The molecule has 0 amide bonds. The number of pyridine rings is 1. The van der Waals surface area contributed by atoms with Crippen molar-refractivity contribution in [2.45, 2.75) is 25.3 Å². The number of methoxy groups -OCH3 is 1. The molecule has 0 aliphatic heterocycles. The Labute approximate surface area is 217 Å². The standard InChI is InChI=1S/C25H22ClFN4O5S/c1-14(25(33)36-3)12-31-13-29-21-6-4-16(8-19(21)24(31)32)17-9-22(15(2)28-11-17)30-37(34,35)23-7-5-18(27)10-20(23)26/h4-11,13-14,30H,12H2,1-3H3/t14-/m0/s1. The van der Waals surface area contributed by atoms with Crippen LogP contribution >= 0.6 is 11.6 Å². The van der Waals surface area contributed by atoms with Gasteiger partial charge >= 0.3 is 5.97 Å². The van der Waals surface area contributed by atoms with E-state index >= 15 is 0 Å². The summed E-state index contributed by atoms with van der Waals surface area (Å²) in [4.78, 5) is 33.2. The van der Waals surface area contributed by atoms with E-state index in [-0.39, 0.29) is 27.7 Å². The Kier molecular flexibility index (Phi) is 7.28. The minimum atomic E-state index is -4.14. The van der Waals surface area contributed by atoms with Gasteiger partial charge in [0.15, 0.2) is 0 Å². The Morgan fingerprint density at radius 1 is 1.16 bits per heavy atom. The maximum absolute atomic E-state index is 13.4. The van der Waals surface area contributed by atoms with Gasteiger partial charge in [-0.15, -0.1) is 0 Å². The fourth-order valence-electron chi connectivity index (χ4n) is 3.73. The van der Waals surface area contributed by atoms with Crippen LogP contribution in [0.4, 0.5) is 10.1 Å². The molecule has 0 aliphatic rings. The molecule has 12 heteroatoms. The van der Waals surface area contributed by atoms with Crippen LogP contribution in [0.3, 0.4) is 0 Å². The van der Waals surface area contributed by atoms with Gasteiger partial charge in [-0.05, 0) is 48.9 Å². The Balaban J connectivity index is 1.71. The average Bonchev–Trinajstić information content (AvgIpc) is 2.86. The van der Waals surface area contributed by atoms with Crippen molar-refractivity contribution in [1.82, 2.24) is 14.5 Å². The molecule has 192 valence electrons. The molecule has 0 aliphatic carbocycles. The van der Waals surface area contributed by atoms with Crippen LogP contribution in [0.1, 0.15) is 12.6 Å². The number of aromatic nitrogens is 3. The van der Waals surface area contributed by atoms with Gasteiger partial charge < -0.3 is 4.74 Å². The molecule has 2 aromatic heterocycles. The predicted molar refractivity (Wildman–Crippen MR) is 137 cm³/mol. The van der Waals surface area contributed by atoms with Gasteiger partial charge in [0.05, 0.1) is 46.7 Å². The molecule has 0 fully saturated rings. The Morgan fingerprint density at radius 3 is 2.62 bits per heavy atom. The summed E-state index contributed by atoms with van der Waals surface area (Å²) in [5, 5.41) is 0.0620. The van der Waals surface area contributed by atoms with Crippen LogP contribution in [0.2, 0.25) is 5.02 Å². The molecule has 0 radical (unpaired) electrons. The second-order valence-electron chi connectivity index (χ2n) is 8.40. The van der Waals surface area contributed by atoms with Gasteiger partial charge in [0, 0.05) is 18.3 Å². The third kappa shape index (κ3) is 5.47. The number of esters is 1. The lowest BCUT2D eigenvalue weighted by molar-refractivity contribution is -0.145. The fourth-order valence-corrected chi connectivity index (χ4v) is 5.37. The Hall–Kier alpha value is -3.83. The summed E-state index contributed by atoms with van der Waals surface area (Å²) in [7, 11) is -2.86. The second kappa shape index (κ2) is 10.3. The van der Waals surface area contributed by atoms with Crippen LogP contribution in [-0.2, 0) is 26.1 Å². The zero-order chi connectivity index (χ0) is 26.9. The highest BCUT2D eigenvalue weighted by atomic mass is 35.5. The van der Waals surface area contributed by atoms with E-state index in [4.69, 9.17) is 16.3 Å². The molecule has 0 saturated heterocycles. The van der Waals surface area contributed by atoms with Crippen LogP contribution < -0.4 is 10.3 Å². The van der Waals surface area contributed by atoms with Gasteiger partial charge in [-0.25, -0.2) is 17.8 Å². The second-order valence-corrected chi connectivity index (χ2v) is 10.5. The maximum atomic E-state index is 13.4. The third-order valence-corrected chi connectivity index (χ3v) is 7.59. The van der Waals surface area contributed by atoms with Crippen LogP contribution in [0.5, 0.6) is 0 Å². The van der Waals surface area contributed by atoms with Crippen molar-refractivity contribution < 1.29 is 22.3 Å². The lowest BCUT2D eigenvalue weighted by Gasteiger charge is -2.14. The van der Waals surface area contributed by atoms with Crippen molar-refractivity contribution in [2.24, 2.45) is 5.92 Å². The van der Waals surface area contributed by atoms with E-state index in [0.717, 1.165) is 18.2 Å². The number of aryl methyl sites for hydroxylation is 1. The van der Waals surface area contributed by atoms with E-state index in [0.29, 0.717) is 27.7 Å². The first-order valence-electron chi connectivity index (χ1n) is 11.0. The van der Waals surface area contributed by atoms with Crippen molar-refractivity contribution in [3.8, 4) is 11.1 Å². The highest BCUT2D eigenvalue weighted by molar-refractivity contribution is 7.92. The molecule has 2 heterocycles. The summed E-state index contributed by atoms with van der Waals surface area (Å²) in [6, 6.07) is 9.61. The third-order valence-electron chi connectivity index (χ3n) is 5.75. The number of hydrogen-bond acceptors (Lipinski definition) is 7. The number of hydrogen-bond donors (Lipinski definition) is 1. The van der Waals surface area contributed by atoms with E-state index in [1.54, 1.807) is 44.3 Å². The molecule has 4 aromatic rings. The van der Waals surface area contributed by atoms with E-state index in [9.17, 15) is 22.4 Å². The number of benzene rings is 2. The minimum Gasteiger partial charge on any atom is -0.469 e. The van der Waals surface area contributed by atoms with E-state index in [2.05, 4.69) is 14.7 Å². The van der Waals surface area contributed by atoms with Gasteiger partial charge in [-0.3, -0.25) is 23.9 Å². The molecule has 0 saturated carbocycles. The van der Waals surface area contributed by atoms with Crippen molar-refractivity contribution in [3.63, 3.8) is 0 Å². The zero-order valence-corrected chi connectivity index (χ0v) is 21.6. The van der Waals surface area contributed by atoms with Crippen molar-refractivity contribution >= 4 is 44.2 Å². The first-order chi connectivity index (χ1) is 17.5. The van der Waals surface area contributed by atoms with Gasteiger partial charge in [0.2, 0.25) is 0 Å². The fraction of sp³-hybridized carbons (Fsp3) is 0.200. The van der Waals surface area contributed by atoms with Crippen molar-refractivity contribution in [2.75, 3.05) is 11.8 Å². The molecular formula is C25H22ClFN4O5S. The quantitative estimate of drug-likeness (QED) is 0.347. The van der Waals surface area contributed by atoms with Crippen LogP contribution in [0.25, 0.3) is 22.0 Å². The first-order valence-corrected chi connectivity index (χ1v) is 12.9. The summed E-state index contributed by atoms with van der Waals surface area (Å²) in [5.74, 6) is -1.64. The normalized spacial score (nSPS) is 12.4. The number of rotatable bonds is 7. The van der Waals surface area contributed by atoms with Crippen LogP contribution in [-0.4, -0.2) is 36.0 Å². The van der Waals surface area contributed by atoms with Gasteiger partial charge in [-0.1, -0.05) is 24.6 Å². The number of fused-ring (bicyclic) bond motifs is 1. The van der Waals surface area contributed by atoms with E-state index in [1.165, 1.54) is 18.0 Å². The predicted octanol–water partition coefficient (Wildman–Crippen LogP) is 4.17. The molecule has 4 rings (SSSR count). The van der Waals surface area contributed by atoms with Gasteiger partial charge in [-0.2, -0.15) is 0 Å². The van der Waals surface area contributed by atoms with Crippen molar-refractivity contribution in [1.29, 1.82) is 0 Å². The number of sulfonamides is 1. The summed E-state index contributed by atoms with van der Waals surface area (Å²) < 4.78 is 47.7. The van der Waals surface area contributed by atoms with Crippen LogP contribution in [0.15, 0.2) is 64.7 Å². The maximum Gasteiger partial charge on any atom is 0.310 e. The average molecular weight is 545 g/mol. The largest absolute Gasteiger partial charge is 0.469 e. The topological polar surface area (TPSA) is 120 Å². The lowest BCUT2D eigenvalue weighted by atomic mass is 10.0. The van der Waals surface area contributed by atoms with E-state index in [1.807, 2.05) is 0 Å². The minimum absolute atomic E-state index is 0.0998. The highest BCUT2D eigenvalue weighted by Crippen LogP contribution is 2.29. The molecule has 0 spiro atoms. The number of anilines is 1. The number of ether oxygens (including phenoxy) is 1. The number of carbonyl (C=O) groups is 1. The Morgan fingerprint density at radius 2 is 1.92 bits per heavy atom. The summed E-state index contributed by atoms with van der Waals surface area (Å²) in [6.07, 6.45) is 2.93. The van der Waals surface area contributed by atoms with E-state index < -0.39 is 27.7 Å². The lowest BCUT2D eigenvalue weighted by Crippen LogP contribution is -2.27. The SMILES string of the molecule is COC(=O)[C@@H](C)Cn1cnc2ccc(-c3cnc(C)c(NS(=O)(=O)c4ccc(F)cc4Cl)c3)cc2c1=O. The van der Waals surface area contributed by atoms with Gasteiger partial charge in [0.25, 0.3) is 15.6 Å². The molecule has 37 heavy (non-hydrogen) atoms. The highest BCUT2D eigenvalue weighted by Gasteiger charge is 2.20. The smallest absolute Gasteiger partial charge is 0.310 e. The van der Waals surface area contributed by atoms with Crippen molar-refractivity contribution in [3.05, 3.63) is 81.9 Å². The molecule has 9 nitrogen and oxygen atoms in total. The number of carbonyl (C=O) groups excluding carboxylic acids is 1.